The molecule has 2 N–H and O–H groups in total. The van der Waals surface area contributed by atoms with Crippen molar-refractivity contribution in [3.05, 3.63) is 0 Å². The van der Waals surface area contributed by atoms with Crippen LogP contribution in [0.25, 0.3) is 0 Å². The van der Waals surface area contributed by atoms with Gasteiger partial charge in [-0.2, -0.15) is 0 Å². The van der Waals surface area contributed by atoms with Crippen LogP contribution in [-0.4, -0.2) is 48.4 Å². The van der Waals surface area contributed by atoms with Gasteiger partial charge in [0.2, 0.25) is 11.8 Å². The lowest BCUT2D eigenvalue weighted by molar-refractivity contribution is -0.124. The number of piperidine rings is 1. The summed E-state index contributed by atoms with van der Waals surface area (Å²) in [5.41, 5.74) is 0.203. The number of carbonyl (C=O) groups excluding carboxylic acids is 2. The maximum absolute atomic E-state index is 12.3. The number of amides is 2. The molecule has 3 fully saturated rings. The molecule has 0 aromatic rings. The molecule has 1 heterocycles. The van der Waals surface area contributed by atoms with Crippen molar-refractivity contribution in [3.8, 4) is 0 Å². The number of carbonyl (C=O) groups is 2. The first kappa shape index (κ1) is 18.7. The lowest BCUT2D eigenvalue weighted by Gasteiger charge is -2.48. The van der Waals surface area contributed by atoms with Crippen molar-refractivity contribution in [1.82, 2.24) is 15.5 Å². The van der Waals surface area contributed by atoms with E-state index in [1.165, 1.54) is 64.5 Å². The highest BCUT2D eigenvalue weighted by molar-refractivity contribution is 5.81. The Hall–Kier alpha value is -1.10. The minimum atomic E-state index is 0.141. The van der Waals surface area contributed by atoms with Crippen LogP contribution in [0.2, 0.25) is 0 Å². The van der Waals surface area contributed by atoms with Crippen LogP contribution in [0.5, 0.6) is 0 Å². The van der Waals surface area contributed by atoms with Gasteiger partial charge in [-0.3, -0.25) is 14.5 Å². The molecule has 142 valence electrons. The summed E-state index contributed by atoms with van der Waals surface area (Å²) >= 11 is 0. The summed E-state index contributed by atoms with van der Waals surface area (Å²) in [6.45, 7) is 3.83. The molecule has 0 unspecified atom stereocenters. The summed E-state index contributed by atoms with van der Waals surface area (Å²) in [4.78, 5) is 26.5. The lowest BCUT2D eigenvalue weighted by Crippen LogP contribution is -2.58. The molecule has 25 heavy (non-hydrogen) atoms. The van der Waals surface area contributed by atoms with Crippen molar-refractivity contribution < 1.29 is 9.59 Å². The predicted octanol–water partition coefficient (Wildman–Crippen LogP) is 2.60. The SMILES string of the molecule is O=C(CCCNC(=O)C1CC1)NCC1(N2CCCCC2)CCCCC1. The summed E-state index contributed by atoms with van der Waals surface area (Å²) in [5, 5.41) is 6.16. The highest BCUT2D eigenvalue weighted by atomic mass is 16.2. The molecule has 0 aromatic heterocycles. The van der Waals surface area contributed by atoms with Crippen LogP contribution >= 0.6 is 0 Å². The Balaban J connectivity index is 1.39. The predicted molar refractivity (Wildman–Crippen MR) is 99.2 cm³/mol. The molecule has 3 aliphatic rings. The van der Waals surface area contributed by atoms with E-state index in [2.05, 4.69) is 15.5 Å². The van der Waals surface area contributed by atoms with E-state index in [0.717, 1.165) is 25.8 Å². The second-order valence-corrected chi connectivity index (χ2v) is 8.28. The summed E-state index contributed by atoms with van der Waals surface area (Å²) in [6.07, 6.45) is 13.6. The zero-order chi connectivity index (χ0) is 17.5. The Morgan fingerprint density at radius 2 is 1.60 bits per heavy atom. The average molecular weight is 350 g/mol. The third kappa shape index (κ3) is 5.44. The van der Waals surface area contributed by atoms with Crippen molar-refractivity contribution in [1.29, 1.82) is 0 Å². The highest BCUT2D eigenvalue weighted by Crippen LogP contribution is 2.35. The van der Waals surface area contributed by atoms with Gasteiger partial charge < -0.3 is 10.6 Å². The van der Waals surface area contributed by atoms with Crippen molar-refractivity contribution >= 4 is 11.8 Å². The average Bonchev–Trinajstić information content (AvgIpc) is 3.50. The molecule has 1 saturated heterocycles. The fraction of sp³-hybridized carbons (Fsp3) is 0.900. The monoisotopic (exact) mass is 349 g/mol. The van der Waals surface area contributed by atoms with E-state index in [4.69, 9.17) is 0 Å². The molecule has 0 spiro atoms. The standard InChI is InChI=1S/C20H35N3O2/c24-18(8-7-13-21-19(25)17-9-10-17)22-16-20(11-3-1-4-12-20)23-14-5-2-6-15-23/h17H,1-16H2,(H,21,25)(H,22,24). The molecule has 2 saturated carbocycles. The number of nitrogens with one attached hydrogen (secondary N) is 2. The van der Waals surface area contributed by atoms with Crippen LogP contribution in [0.3, 0.4) is 0 Å². The van der Waals surface area contributed by atoms with Crippen LogP contribution in [0, 0.1) is 5.92 Å². The number of hydrogen-bond donors (Lipinski definition) is 2. The van der Waals surface area contributed by atoms with Crippen LogP contribution in [-0.2, 0) is 9.59 Å². The highest BCUT2D eigenvalue weighted by Gasteiger charge is 2.38. The molecule has 2 aliphatic carbocycles. The fourth-order valence-corrected chi connectivity index (χ4v) is 4.48. The Morgan fingerprint density at radius 3 is 2.28 bits per heavy atom. The van der Waals surface area contributed by atoms with Gasteiger partial charge in [-0.05, 0) is 58.0 Å². The van der Waals surface area contributed by atoms with Crippen molar-refractivity contribution in [2.75, 3.05) is 26.2 Å². The van der Waals surface area contributed by atoms with E-state index in [1.54, 1.807) is 0 Å². The molecule has 5 nitrogen and oxygen atoms in total. The zero-order valence-corrected chi connectivity index (χ0v) is 15.7. The normalized spacial score (nSPS) is 23.8. The van der Waals surface area contributed by atoms with Gasteiger partial charge in [0.15, 0.2) is 0 Å². The minimum absolute atomic E-state index is 0.141. The topological polar surface area (TPSA) is 61.4 Å². The van der Waals surface area contributed by atoms with Crippen LogP contribution in [0.4, 0.5) is 0 Å². The molecule has 0 atom stereocenters. The zero-order valence-electron chi connectivity index (χ0n) is 15.7. The maximum atomic E-state index is 12.3. The Labute approximate surface area is 152 Å². The number of likely N-dealkylation sites (tertiary alicyclic amines) is 1. The molecule has 3 rings (SSSR count). The van der Waals surface area contributed by atoms with Gasteiger partial charge in [0, 0.05) is 31.0 Å². The molecule has 0 aromatic carbocycles. The van der Waals surface area contributed by atoms with Gasteiger partial charge in [0.25, 0.3) is 0 Å². The molecule has 0 bridgehead atoms. The van der Waals surface area contributed by atoms with Crippen molar-refractivity contribution in [2.24, 2.45) is 5.92 Å². The van der Waals surface area contributed by atoms with E-state index in [-0.39, 0.29) is 23.3 Å². The van der Waals surface area contributed by atoms with Gasteiger partial charge in [-0.1, -0.05) is 25.7 Å². The van der Waals surface area contributed by atoms with Gasteiger partial charge >= 0.3 is 0 Å². The Kier molecular flexibility index (Phi) is 6.74. The Bertz CT molecular complexity index is 450. The van der Waals surface area contributed by atoms with Gasteiger partial charge in [-0.25, -0.2) is 0 Å². The summed E-state index contributed by atoms with van der Waals surface area (Å²) in [7, 11) is 0. The second-order valence-electron chi connectivity index (χ2n) is 8.28. The van der Waals surface area contributed by atoms with E-state index in [0.29, 0.717) is 13.0 Å². The maximum Gasteiger partial charge on any atom is 0.223 e. The molecule has 1 aliphatic heterocycles. The second kappa shape index (κ2) is 9.02. The fourth-order valence-electron chi connectivity index (χ4n) is 4.48. The van der Waals surface area contributed by atoms with Crippen LogP contribution < -0.4 is 10.6 Å². The molecular formula is C20H35N3O2. The van der Waals surface area contributed by atoms with Crippen LogP contribution in [0.1, 0.15) is 77.0 Å². The first-order valence-electron chi connectivity index (χ1n) is 10.5. The summed E-state index contributed by atoms with van der Waals surface area (Å²) < 4.78 is 0. The number of nitrogens with zero attached hydrogens (tertiary/aromatic N) is 1. The molecule has 0 radical (unpaired) electrons. The van der Waals surface area contributed by atoms with Gasteiger partial charge in [0.1, 0.15) is 0 Å². The molecular weight excluding hydrogens is 314 g/mol. The van der Waals surface area contributed by atoms with Crippen molar-refractivity contribution in [3.63, 3.8) is 0 Å². The first-order valence-corrected chi connectivity index (χ1v) is 10.5. The van der Waals surface area contributed by atoms with Gasteiger partial charge in [0.05, 0.1) is 0 Å². The van der Waals surface area contributed by atoms with Crippen molar-refractivity contribution in [2.45, 2.75) is 82.6 Å². The minimum Gasteiger partial charge on any atom is -0.356 e. The van der Waals surface area contributed by atoms with E-state index in [9.17, 15) is 9.59 Å². The van der Waals surface area contributed by atoms with E-state index >= 15 is 0 Å². The lowest BCUT2D eigenvalue weighted by atomic mass is 9.79. The van der Waals surface area contributed by atoms with Crippen LogP contribution in [0.15, 0.2) is 0 Å². The Morgan fingerprint density at radius 1 is 0.920 bits per heavy atom. The van der Waals surface area contributed by atoms with E-state index in [1.807, 2.05) is 0 Å². The number of hydrogen-bond acceptors (Lipinski definition) is 3. The molecule has 2 amide bonds. The smallest absolute Gasteiger partial charge is 0.223 e. The third-order valence-corrected chi connectivity index (χ3v) is 6.25. The quantitative estimate of drug-likeness (QED) is 0.662. The summed E-state index contributed by atoms with van der Waals surface area (Å²) in [6, 6.07) is 0. The molecule has 5 heteroatoms. The van der Waals surface area contributed by atoms with E-state index < -0.39 is 0 Å². The largest absolute Gasteiger partial charge is 0.356 e. The third-order valence-electron chi connectivity index (χ3n) is 6.25. The number of rotatable bonds is 8. The van der Waals surface area contributed by atoms with Gasteiger partial charge in [-0.15, -0.1) is 0 Å². The summed E-state index contributed by atoms with van der Waals surface area (Å²) in [5.74, 6) is 0.568. The first-order chi connectivity index (χ1) is 12.2.